The lowest BCUT2D eigenvalue weighted by Gasteiger charge is -2.33. The molecule has 5 rings (SSSR count). The van der Waals surface area contributed by atoms with Gasteiger partial charge >= 0.3 is 0 Å². The van der Waals surface area contributed by atoms with Crippen LogP contribution in [0.3, 0.4) is 0 Å². The van der Waals surface area contributed by atoms with Gasteiger partial charge in [0.1, 0.15) is 6.10 Å². The summed E-state index contributed by atoms with van der Waals surface area (Å²) in [4.78, 5) is 25.1. The monoisotopic (exact) mass is 444 g/mol. The number of aromatic nitrogens is 2. The first-order valence-electron chi connectivity index (χ1n) is 11.3. The molecule has 3 heterocycles. The summed E-state index contributed by atoms with van der Waals surface area (Å²) in [5, 5.41) is 11.3. The van der Waals surface area contributed by atoms with E-state index >= 15 is 0 Å². The summed E-state index contributed by atoms with van der Waals surface area (Å²) in [6.07, 6.45) is 1.75. The Morgan fingerprint density at radius 2 is 2.12 bits per heavy atom. The second-order valence-electron chi connectivity index (χ2n) is 8.56. The van der Waals surface area contributed by atoms with Crippen molar-refractivity contribution >= 4 is 27.7 Å². The highest BCUT2D eigenvalue weighted by Gasteiger charge is 2.26. The molecule has 1 unspecified atom stereocenters. The van der Waals surface area contributed by atoms with Crippen LogP contribution in [0.25, 0.3) is 21.8 Å². The zero-order valence-electron chi connectivity index (χ0n) is 18.7. The minimum Gasteiger partial charge on any atom is -0.395 e. The Balaban J connectivity index is 1.41. The van der Waals surface area contributed by atoms with Gasteiger partial charge in [-0.3, -0.25) is 9.69 Å². The van der Waals surface area contributed by atoms with Crippen LogP contribution in [-0.2, 0) is 11.3 Å². The molecular weight excluding hydrogens is 416 g/mol. The predicted octanol–water partition coefficient (Wildman–Crippen LogP) is 3.35. The van der Waals surface area contributed by atoms with Gasteiger partial charge in [-0.1, -0.05) is 24.3 Å². The zero-order valence-corrected chi connectivity index (χ0v) is 18.7. The van der Waals surface area contributed by atoms with Gasteiger partial charge in [0.25, 0.3) is 5.91 Å². The van der Waals surface area contributed by atoms with Crippen LogP contribution in [0.15, 0.2) is 60.8 Å². The van der Waals surface area contributed by atoms with Crippen LogP contribution in [0, 0.1) is 0 Å². The molecule has 4 aromatic rings. The lowest BCUT2D eigenvalue weighted by molar-refractivity contribution is -0.0348. The molecule has 2 aromatic carbocycles. The number of pyridine rings is 1. The fraction of sp³-hybridized carbons (Fsp3) is 0.308. The summed E-state index contributed by atoms with van der Waals surface area (Å²) < 4.78 is 6.11. The van der Waals surface area contributed by atoms with Gasteiger partial charge in [-0.15, -0.1) is 0 Å². The van der Waals surface area contributed by atoms with Crippen LogP contribution >= 0.6 is 0 Å². The average molecular weight is 445 g/mol. The van der Waals surface area contributed by atoms with Crippen molar-refractivity contribution in [2.75, 3.05) is 39.9 Å². The first-order valence-corrected chi connectivity index (χ1v) is 11.3. The number of H-pyrrole nitrogens is 1. The summed E-state index contributed by atoms with van der Waals surface area (Å²) in [6, 6.07) is 18.1. The lowest BCUT2D eigenvalue weighted by Crippen LogP contribution is -2.38. The molecule has 33 heavy (non-hydrogen) atoms. The fourth-order valence-corrected chi connectivity index (χ4v) is 4.48. The Hall–Kier alpha value is -3.26. The molecule has 0 radical (unpaired) electrons. The molecule has 0 saturated carbocycles. The van der Waals surface area contributed by atoms with E-state index in [0.717, 1.165) is 35.2 Å². The minimum atomic E-state index is -0.214. The first kappa shape index (κ1) is 21.6. The van der Waals surface area contributed by atoms with E-state index in [-0.39, 0.29) is 25.2 Å². The van der Waals surface area contributed by atoms with Gasteiger partial charge in [0, 0.05) is 50.3 Å². The summed E-state index contributed by atoms with van der Waals surface area (Å²) in [5.41, 5.74) is 4.53. The molecule has 0 spiro atoms. The second kappa shape index (κ2) is 9.31. The fourth-order valence-electron chi connectivity index (χ4n) is 4.48. The number of rotatable bonds is 6. The maximum atomic E-state index is 13.1. The molecule has 0 aliphatic carbocycles. The number of ether oxygens (including phenoxy) is 1. The van der Waals surface area contributed by atoms with E-state index in [9.17, 15) is 9.90 Å². The number of aliphatic hydroxyl groups excluding tert-OH is 1. The molecule has 1 aliphatic rings. The van der Waals surface area contributed by atoms with Gasteiger partial charge in [0.05, 0.1) is 30.0 Å². The number of hydrogen-bond acceptors (Lipinski definition) is 5. The molecule has 1 amide bonds. The standard InChI is InChI=1S/C26H28N4O3/c1-29(10-12-31)26(32)21-15-24(28-23-5-3-2-4-20(21)23)25-17-30(11-13-33-25)16-18-6-7-22-19(14-18)8-9-27-22/h2-9,14-15,25,27,31H,10-13,16-17H2,1H3. The predicted molar refractivity (Wildman–Crippen MR) is 128 cm³/mol. The van der Waals surface area contributed by atoms with E-state index in [4.69, 9.17) is 9.72 Å². The van der Waals surface area contributed by atoms with Gasteiger partial charge in [-0.05, 0) is 41.3 Å². The summed E-state index contributed by atoms with van der Waals surface area (Å²) >= 11 is 0. The average Bonchev–Trinajstić information content (AvgIpc) is 3.31. The Bertz CT molecular complexity index is 1290. The molecule has 170 valence electrons. The number of benzene rings is 2. The zero-order chi connectivity index (χ0) is 22.8. The van der Waals surface area contributed by atoms with Gasteiger partial charge in [0.15, 0.2) is 0 Å². The minimum absolute atomic E-state index is 0.0760. The van der Waals surface area contributed by atoms with Crippen molar-refractivity contribution in [3.05, 3.63) is 77.6 Å². The number of fused-ring (bicyclic) bond motifs is 2. The van der Waals surface area contributed by atoms with Crippen molar-refractivity contribution in [2.45, 2.75) is 12.6 Å². The van der Waals surface area contributed by atoms with Crippen LogP contribution < -0.4 is 0 Å². The number of hydrogen-bond donors (Lipinski definition) is 2. The van der Waals surface area contributed by atoms with E-state index < -0.39 is 0 Å². The molecule has 1 saturated heterocycles. The molecule has 2 aromatic heterocycles. The Morgan fingerprint density at radius 1 is 1.24 bits per heavy atom. The maximum Gasteiger partial charge on any atom is 0.254 e. The molecule has 1 fully saturated rings. The van der Waals surface area contributed by atoms with Crippen molar-refractivity contribution < 1.29 is 14.6 Å². The number of morpholine rings is 1. The number of para-hydroxylation sites is 1. The molecule has 1 atom stereocenters. The summed E-state index contributed by atoms with van der Waals surface area (Å²) in [7, 11) is 1.70. The van der Waals surface area contributed by atoms with Crippen LogP contribution in [-0.4, -0.2) is 70.7 Å². The normalized spacial score (nSPS) is 17.0. The molecular formula is C26H28N4O3. The number of carbonyl (C=O) groups excluding carboxylic acids is 1. The third kappa shape index (κ3) is 4.48. The van der Waals surface area contributed by atoms with E-state index in [2.05, 4.69) is 34.1 Å². The van der Waals surface area contributed by atoms with Crippen molar-refractivity contribution in [3.8, 4) is 0 Å². The largest absolute Gasteiger partial charge is 0.395 e. The molecule has 0 bridgehead atoms. The third-order valence-corrected chi connectivity index (χ3v) is 6.25. The van der Waals surface area contributed by atoms with E-state index in [0.29, 0.717) is 18.7 Å². The third-order valence-electron chi connectivity index (χ3n) is 6.25. The number of aliphatic hydroxyl groups is 1. The molecule has 7 heteroatoms. The number of nitrogens with zero attached hydrogens (tertiary/aromatic N) is 3. The number of amides is 1. The van der Waals surface area contributed by atoms with Crippen molar-refractivity contribution in [2.24, 2.45) is 0 Å². The van der Waals surface area contributed by atoms with Gasteiger partial charge in [-0.2, -0.15) is 0 Å². The van der Waals surface area contributed by atoms with Crippen LogP contribution in [0.4, 0.5) is 0 Å². The van der Waals surface area contributed by atoms with E-state index in [1.165, 1.54) is 15.8 Å². The van der Waals surface area contributed by atoms with Crippen LogP contribution in [0.2, 0.25) is 0 Å². The van der Waals surface area contributed by atoms with Gasteiger partial charge in [-0.25, -0.2) is 4.98 Å². The molecule has 7 nitrogen and oxygen atoms in total. The smallest absolute Gasteiger partial charge is 0.254 e. The van der Waals surface area contributed by atoms with Gasteiger partial charge in [0.2, 0.25) is 0 Å². The summed E-state index contributed by atoms with van der Waals surface area (Å²) in [5.74, 6) is -0.128. The Kier molecular flexibility index (Phi) is 6.09. The maximum absolute atomic E-state index is 13.1. The van der Waals surface area contributed by atoms with Crippen molar-refractivity contribution in [1.29, 1.82) is 0 Å². The second-order valence-corrected chi connectivity index (χ2v) is 8.56. The van der Waals surface area contributed by atoms with Crippen molar-refractivity contribution in [1.82, 2.24) is 19.8 Å². The summed E-state index contributed by atoms with van der Waals surface area (Å²) in [6.45, 7) is 3.20. The van der Waals surface area contributed by atoms with E-state index in [1.807, 2.05) is 36.5 Å². The highest BCUT2D eigenvalue weighted by atomic mass is 16.5. The first-order chi connectivity index (χ1) is 16.1. The number of likely N-dealkylation sites (N-methyl/N-ethyl adjacent to an activating group) is 1. The Morgan fingerprint density at radius 3 is 3.00 bits per heavy atom. The highest BCUT2D eigenvalue weighted by Crippen LogP contribution is 2.27. The van der Waals surface area contributed by atoms with Gasteiger partial charge < -0.3 is 19.7 Å². The molecule has 1 aliphatic heterocycles. The highest BCUT2D eigenvalue weighted by molar-refractivity contribution is 6.06. The SMILES string of the molecule is CN(CCO)C(=O)c1cc(C2CN(Cc3ccc4[nH]ccc4c3)CCO2)nc2ccccc12. The van der Waals surface area contributed by atoms with Crippen LogP contribution in [0.5, 0.6) is 0 Å². The quantitative estimate of drug-likeness (QED) is 0.477. The topological polar surface area (TPSA) is 81.7 Å². The Labute approximate surface area is 192 Å². The number of carbonyl (C=O) groups is 1. The molecule has 2 N–H and O–H groups in total. The number of aromatic amines is 1. The van der Waals surface area contributed by atoms with E-state index in [1.54, 1.807) is 7.05 Å². The number of nitrogens with one attached hydrogen (secondary N) is 1. The van der Waals surface area contributed by atoms with Crippen molar-refractivity contribution in [3.63, 3.8) is 0 Å². The van der Waals surface area contributed by atoms with Crippen LogP contribution in [0.1, 0.15) is 27.7 Å². The lowest BCUT2D eigenvalue weighted by atomic mass is 10.0.